The molecule has 0 fully saturated rings. The highest BCUT2D eigenvalue weighted by Crippen LogP contribution is 2.19. The van der Waals surface area contributed by atoms with Gasteiger partial charge in [-0.25, -0.2) is 4.39 Å². The molecule has 20 heavy (non-hydrogen) atoms. The first-order valence-electron chi connectivity index (χ1n) is 6.32. The Bertz CT molecular complexity index is 555. The van der Waals surface area contributed by atoms with E-state index in [1.807, 2.05) is 30.3 Å². The maximum absolute atomic E-state index is 13.3. The van der Waals surface area contributed by atoms with Crippen LogP contribution in [0, 0.1) is 5.82 Å². The van der Waals surface area contributed by atoms with Gasteiger partial charge in [0.1, 0.15) is 17.3 Å². The van der Waals surface area contributed by atoms with Crippen molar-refractivity contribution in [3.63, 3.8) is 0 Å². The molecule has 0 radical (unpaired) electrons. The van der Waals surface area contributed by atoms with Gasteiger partial charge >= 0.3 is 0 Å². The highest BCUT2D eigenvalue weighted by molar-refractivity contribution is 9.08. The van der Waals surface area contributed by atoms with Crippen molar-refractivity contribution in [3.05, 3.63) is 59.4 Å². The zero-order valence-corrected chi connectivity index (χ0v) is 12.8. The van der Waals surface area contributed by atoms with E-state index >= 15 is 0 Å². The van der Waals surface area contributed by atoms with Gasteiger partial charge in [-0.2, -0.15) is 0 Å². The van der Waals surface area contributed by atoms with Crippen molar-refractivity contribution in [2.75, 3.05) is 13.7 Å². The van der Waals surface area contributed by atoms with Gasteiger partial charge in [-0.05, 0) is 35.4 Å². The monoisotopic (exact) mass is 338 g/mol. The highest BCUT2D eigenvalue weighted by atomic mass is 79.9. The van der Waals surface area contributed by atoms with Crippen LogP contribution in [0.4, 0.5) is 4.39 Å². The molecule has 0 aliphatic carbocycles. The molecule has 0 N–H and O–H groups in total. The molecule has 0 saturated carbocycles. The summed E-state index contributed by atoms with van der Waals surface area (Å²) >= 11 is 3.31. The van der Waals surface area contributed by atoms with E-state index in [9.17, 15) is 4.39 Å². The van der Waals surface area contributed by atoms with Crippen LogP contribution in [-0.4, -0.2) is 13.7 Å². The zero-order valence-electron chi connectivity index (χ0n) is 11.2. The van der Waals surface area contributed by atoms with Crippen LogP contribution in [0.25, 0.3) is 0 Å². The van der Waals surface area contributed by atoms with E-state index in [2.05, 4.69) is 15.9 Å². The summed E-state index contributed by atoms with van der Waals surface area (Å²) in [6.45, 7) is 0.511. The molecule has 0 heterocycles. The van der Waals surface area contributed by atoms with Gasteiger partial charge in [-0.15, -0.1) is 0 Å². The predicted molar refractivity (Wildman–Crippen MR) is 81.2 cm³/mol. The third-order valence-corrected chi connectivity index (χ3v) is 3.55. The average molecular weight is 339 g/mol. The van der Waals surface area contributed by atoms with Gasteiger partial charge in [0.25, 0.3) is 0 Å². The maximum atomic E-state index is 13.3. The van der Waals surface area contributed by atoms with Gasteiger partial charge in [0.05, 0.1) is 13.7 Å². The topological polar surface area (TPSA) is 18.5 Å². The Morgan fingerprint density at radius 3 is 2.40 bits per heavy atom. The Morgan fingerprint density at radius 2 is 1.75 bits per heavy atom. The van der Waals surface area contributed by atoms with Gasteiger partial charge in [0.2, 0.25) is 0 Å². The summed E-state index contributed by atoms with van der Waals surface area (Å²) in [5.41, 5.74) is 2.02. The van der Waals surface area contributed by atoms with E-state index in [4.69, 9.17) is 9.47 Å². The Kier molecular flexibility index (Phi) is 5.41. The lowest BCUT2D eigenvalue weighted by atomic mass is 10.1. The van der Waals surface area contributed by atoms with Gasteiger partial charge in [0.15, 0.2) is 0 Å². The van der Waals surface area contributed by atoms with Crippen LogP contribution < -0.4 is 9.47 Å². The van der Waals surface area contributed by atoms with E-state index in [0.717, 1.165) is 23.3 Å². The van der Waals surface area contributed by atoms with Crippen molar-refractivity contribution in [2.24, 2.45) is 0 Å². The van der Waals surface area contributed by atoms with Crippen molar-refractivity contribution in [1.82, 2.24) is 0 Å². The number of rotatable bonds is 6. The second-order valence-electron chi connectivity index (χ2n) is 4.38. The lowest BCUT2D eigenvalue weighted by Gasteiger charge is -2.08. The quantitative estimate of drug-likeness (QED) is 0.729. The fourth-order valence-electron chi connectivity index (χ4n) is 1.86. The van der Waals surface area contributed by atoms with Gasteiger partial charge in [-0.3, -0.25) is 0 Å². The molecule has 0 amide bonds. The molecule has 0 aliphatic heterocycles. The summed E-state index contributed by atoms with van der Waals surface area (Å²) in [4.78, 5) is 0. The minimum absolute atomic E-state index is 0.276. The van der Waals surface area contributed by atoms with Crippen molar-refractivity contribution < 1.29 is 13.9 Å². The summed E-state index contributed by atoms with van der Waals surface area (Å²) in [6, 6.07) is 12.6. The van der Waals surface area contributed by atoms with Crippen LogP contribution in [0.2, 0.25) is 0 Å². The molecule has 0 aliphatic rings. The fraction of sp³-hybridized carbons (Fsp3) is 0.250. The molecule has 0 unspecified atom stereocenters. The number of benzene rings is 2. The minimum Gasteiger partial charge on any atom is -0.497 e. The molecular formula is C16H16BrFO2. The summed E-state index contributed by atoms with van der Waals surface area (Å²) in [5, 5.41) is 0.611. The number of hydrogen-bond acceptors (Lipinski definition) is 2. The van der Waals surface area contributed by atoms with Crippen LogP contribution in [0.15, 0.2) is 42.5 Å². The van der Waals surface area contributed by atoms with Gasteiger partial charge in [-0.1, -0.05) is 28.1 Å². The van der Waals surface area contributed by atoms with Gasteiger partial charge in [0, 0.05) is 17.8 Å². The standard InChI is InChI=1S/C16H16BrFO2/c1-19-15-4-2-12(3-5-15)6-7-20-16-9-13(11-17)8-14(18)10-16/h2-5,8-10H,6-7,11H2,1H3. The fourth-order valence-corrected chi connectivity index (χ4v) is 2.18. The maximum Gasteiger partial charge on any atom is 0.127 e. The molecular weight excluding hydrogens is 323 g/mol. The van der Waals surface area contributed by atoms with Crippen molar-refractivity contribution in [2.45, 2.75) is 11.8 Å². The molecule has 2 aromatic rings. The lowest BCUT2D eigenvalue weighted by Crippen LogP contribution is -2.02. The Hall–Kier alpha value is -1.55. The van der Waals surface area contributed by atoms with E-state index in [1.54, 1.807) is 7.11 Å². The van der Waals surface area contributed by atoms with Crippen LogP contribution in [0.5, 0.6) is 11.5 Å². The largest absolute Gasteiger partial charge is 0.497 e. The van der Waals surface area contributed by atoms with E-state index in [0.29, 0.717) is 17.7 Å². The summed E-state index contributed by atoms with van der Waals surface area (Å²) in [6.07, 6.45) is 0.768. The van der Waals surface area contributed by atoms with Crippen LogP contribution in [-0.2, 0) is 11.8 Å². The predicted octanol–water partition coefficient (Wildman–Crippen LogP) is 4.35. The second kappa shape index (κ2) is 7.29. The SMILES string of the molecule is COc1ccc(CCOc2cc(F)cc(CBr)c2)cc1. The molecule has 0 aromatic heterocycles. The zero-order chi connectivity index (χ0) is 14.4. The number of ether oxygens (including phenoxy) is 2. The molecule has 4 heteroatoms. The first kappa shape index (κ1) is 14.9. The summed E-state index contributed by atoms with van der Waals surface area (Å²) in [5.74, 6) is 1.12. The minimum atomic E-state index is -0.276. The number of alkyl halides is 1. The molecule has 2 rings (SSSR count). The molecule has 0 bridgehead atoms. The first-order valence-corrected chi connectivity index (χ1v) is 7.44. The van der Waals surface area contributed by atoms with Crippen LogP contribution in [0.3, 0.4) is 0 Å². The third kappa shape index (κ3) is 4.23. The lowest BCUT2D eigenvalue weighted by molar-refractivity contribution is 0.320. The van der Waals surface area contributed by atoms with E-state index in [1.165, 1.54) is 12.1 Å². The molecule has 0 spiro atoms. The number of methoxy groups -OCH3 is 1. The first-order chi connectivity index (χ1) is 9.71. The normalized spacial score (nSPS) is 10.3. The van der Waals surface area contributed by atoms with Crippen molar-refractivity contribution >= 4 is 15.9 Å². The van der Waals surface area contributed by atoms with Crippen LogP contribution in [0.1, 0.15) is 11.1 Å². The molecule has 106 valence electrons. The van der Waals surface area contributed by atoms with Crippen molar-refractivity contribution in [1.29, 1.82) is 0 Å². The summed E-state index contributed by atoms with van der Waals surface area (Å²) in [7, 11) is 1.64. The number of hydrogen-bond donors (Lipinski definition) is 0. The molecule has 2 nitrogen and oxygen atoms in total. The van der Waals surface area contributed by atoms with E-state index < -0.39 is 0 Å². The molecule has 0 saturated heterocycles. The smallest absolute Gasteiger partial charge is 0.127 e. The second-order valence-corrected chi connectivity index (χ2v) is 4.94. The van der Waals surface area contributed by atoms with Crippen LogP contribution >= 0.6 is 15.9 Å². The highest BCUT2D eigenvalue weighted by Gasteiger charge is 2.02. The Balaban J connectivity index is 1.90. The van der Waals surface area contributed by atoms with Crippen molar-refractivity contribution in [3.8, 4) is 11.5 Å². The molecule has 0 atom stereocenters. The summed E-state index contributed by atoms with van der Waals surface area (Å²) < 4.78 is 24.0. The molecule has 2 aromatic carbocycles. The Labute approximate surface area is 126 Å². The van der Waals surface area contributed by atoms with Gasteiger partial charge < -0.3 is 9.47 Å². The number of halogens is 2. The average Bonchev–Trinajstić information content (AvgIpc) is 2.47. The van der Waals surface area contributed by atoms with E-state index in [-0.39, 0.29) is 5.82 Å². The Morgan fingerprint density at radius 1 is 1.00 bits per heavy atom. The third-order valence-electron chi connectivity index (χ3n) is 2.90.